The molecule has 0 bridgehead atoms. The molecule has 0 saturated heterocycles. The maximum Gasteiger partial charge on any atom is 0.231 e. The maximum atomic E-state index is 11.9. The molecular formula is C17H17N3O3. The summed E-state index contributed by atoms with van der Waals surface area (Å²) in [6.45, 7) is 0.260. The van der Waals surface area contributed by atoms with Gasteiger partial charge in [0, 0.05) is 17.7 Å². The van der Waals surface area contributed by atoms with E-state index in [0.717, 1.165) is 42.1 Å². The van der Waals surface area contributed by atoms with E-state index in [1.54, 1.807) is 12.3 Å². The molecule has 4 rings (SSSR count). The Hall–Kier alpha value is -2.76. The number of rotatable bonds is 4. The Balaban J connectivity index is 1.40. The van der Waals surface area contributed by atoms with Crippen molar-refractivity contribution in [2.45, 2.75) is 19.3 Å². The number of hydrogen-bond acceptors (Lipinski definition) is 5. The highest BCUT2D eigenvalue weighted by Gasteiger charge is 2.25. The van der Waals surface area contributed by atoms with Gasteiger partial charge in [-0.2, -0.15) is 0 Å². The summed E-state index contributed by atoms with van der Waals surface area (Å²) in [5.41, 5.74) is 1.73. The molecule has 6 nitrogen and oxygen atoms in total. The number of hydrogen-bond donors (Lipinski definition) is 2. The van der Waals surface area contributed by atoms with Gasteiger partial charge in [-0.25, -0.2) is 4.98 Å². The van der Waals surface area contributed by atoms with E-state index < -0.39 is 0 Å². The molecular weight excluding hydrogens is 294 g/mol. The number of anilines is 3. The third kappa shape index (κ3) is 2.92. The third-order valence-electron chi connectivity index (χ3n) is 4.15. The van der Waals surface area contributed by atoms with Crippen molar-refractivity contribution >= 4 is 23.1 Å². The van der Waals surface area contributed by atoms with Crippen LogP contribution in [0.3, 0.4) is 0 Å². The van der Waals surface area contributed by atoms with Crippen LogP contribution in [0.25, 0.3) is 0 Å². The Kier molecular flexibility index (Phi) is 3.49. The zero-order valence-electron chi connectivity index (χ0n) is 12.5. The summed E-state index contributed by atoms with van der Waals surface area (Å²) in [6.07, 6.45) is 4.80. The second kappa shape index (κ2) is 5.79. The van der Waals surface area contributed by atoms with Crippen LogP contribution < -0.4 is 20.1 Å². The largest absolute Gasteiger partial charge is 0.454 e. The summed E-state index contributed by atoms with van der Waals surface area (Å²) in [4.78, 5) is 16.2. The number of benzene rings is 1. The molecule has 1 fully saturated rings. The van der Waals surface area contributed by atoms with Crippen molar-refractivity contribution in [1.82, 2.24) is 4.98 Å². The number of nitrogens with one attached hydrogen (secondary N) is 2. The van der Waals surface area contributed by atoms with Gasteiger partial charge in [0.15, 0.2) is 11.5 Å². The minimum absolute atomic E-state index is 0.0697. The van der Waals surface area contributed by atoms with E-state index >= 15 is 0 Å². The summed E-state index contributed by atoms with van der Waals surface area (Å²) in [6, 6.07) is 9.35. The van der Waals surface area contributed by atoms with Gasteiger partial charge in [0.25, 0.3) is 0 Å². The summed E-state index contributed by atoms with van der Waals surface area (Å²) >= 11 is 0. The molecule has 1 amide bonds. The Morgan fingerprint density at radius 2 is 1.91 bits per heavy atom. The van der Waals surface area contributed by atoms with E-state index in [2.05, 4.69) is 15.6 Å². The summed E-state index contributed by atoms with van der Waals surface area (Å²) in [7, 11) is 0. The van der Waals surface area contributed by atoms with Crippen LogP contribution in [0.5, 0.6) is 11.5 Å². The van der Waals surface area contributed by atoms with Crippen molar-refractivity contribution in [2.75, 3.05) is 17.4 Å². The molecule has 1 aliphatic carbocycles. The standard InChI is InChI=1S/C17H17N3O3/c21-17(11-2-1-3-11)20-16-7-5-13(9-18-16)19-12-4-6-14-15(8-12)23-10-22-14/h4-9,11,19H,1-3,10H2,(H,18,20,21). The van der Waals surface area contributed by atoms with E-state index in [1.807, 2.05) is 24.3 Å². The molecule has 2 heterocycles. The molecule has 1 aliphatic heterocycles. The lowest BCUT2D eigenvalue weighted by atomic mass is 9.85. The van der Waals surface area contributed by atoms with Gasteiger partial charge in [0.1, 0.15) is 5.82 Å². The van der Waals surface area contributed by atoms with Crippen molar-refractivity contribution in [2.24, 2.45) is 5.92 Å². The average molecular weight is 311 g/mol. The molecule has 2 aromatic rings. The minimum atomic E-state index is 0.0697. The van der Waals surface area contributed by atoms with Crippen LogP contribution >= 0.6 is 0 Å². The number of ether oxygens (including phenoxy) is 2. The lowest BCUT2D eigenvalue weighted by Crippen LogP contribution is -2.28. The molecule has 1 aromatic heterocycles. The van der Waals surface area contributed by atoms with Gasteiger partial charge in [-0.15, -0.1) is 0 Å². The Morgan fingerprint density at radius 3 is 2.65 bits per heavy atom. The molecule has 0 spiro atoms. The van der Waals surface area contributed by atoms with Gasteiger partial charge in [0.2, 0.25) is 12.7 Å². The smallest absolute Gasteiger partial charge is 0.231 e. The van der Waals surface area contributed by atoms with E-state index in [9.17, 15) is 4.79 Å². The van der Waals surface area contributed by atoms with Gasteiger partial charge in [-0.05, 0) is 37.1 Å². The second-order valence-corrected chi connectivity index (χ2v) is 5.74. The predicted molar refractivity (Wildman–Crippen MR) is 86.1 cm³/mol. The number of fused-ring (bicyclic) bond motifs is 1. The molecule has 2 aliphatic rings. The predicted octanol–water partition coefficient (Wildman–Crippen LogP) is 3.29. The fourth-order valence-electron chi connectivity index (χ4n) is 2.58. The second-order valence-electron chi connectivity index (χ2n) is 5.74. The van der Waals surface area contributed by atoms with Gasteiger partial charge in [-0.1, -0.05) is 6.42 Å². The highest BCUT2D eigenvalue weighted by molar-refractivity contribution is 5.92. The number of carbonyl (C=O) groups excluding carboxylic acids is 1. The van der Waals surface area contributed by atoms with Crippen LogP contribution in [0.4, 0.5) is 17.2 Å². The zero-order valence-corrected chi connectivity index (χ0v) is 12.5. The highest BCUT2D eigenvalue weighted by Crippen LogP contribution is 2.35. The van der Waals surface area contributed by atoms with E-state index in [1.165, 1.54) is 0 Å². The SMILES string of the molecule is O=C(Nc1ccc(Nc2ccc3c(c2)OCO3)cn1)C1CCC1. The van der Waals surface area contributed by atoms with Crippen molar-refractivity contribution in [1.29, 1.82) is 0 Å². The Bertz CT molecular complexity index is 726. The van der Waals surface area contributed by atoms with Crippen molar-refractivity contribution in [3.05, 3.63) is 36.5 Å². The highest BCUT2D eigenvalue weighted by atomic mass is 16.7. The lowest BCUT2D eigenvalue weighted by Gasteiger charge is -2.23. The molecule has 1 saturated carbocycles. The van der Waals surface area contributed by atoms with Crippen molar-refractivity contribution < 1.29 is 14.3 Å². The molecule has 1 aromatic carbocycles. The molecule has 23 heavy (non-hydrogen) atoms. The summed E-state index contributed by atoms with van der Waals surface area (Å²) in [5, 5.41) is 6.10. The lowest BCUT2D eigenvalue weighted by molar-refractivity contribution is -0.122. The number of amides is 1. The number of carbonyl (C=O) groups is 1. The molecule has 2 N–H and O–H groups in total. The fraction of sp³-hybridized carbons (Fsp3) is 0.294. The summed E-state index contributed by atoms with van der Waals surface area (Å²) in [5.74, 6) is 2.29. The van der Waals surface area contributed by atoms with Gasteiger partial charge in [-0.3, -0.25) is 4.79 Å². The quantitative estimate of drug-likeness (QED) is 0.906. The van der Waals surface area contributed by atoms with Crippen LogP contribution in [-0.2, 0) is 4.79 Å². The number of pyridine rings is 1. The first-order valence-electron chi connectivity index (χ1n) is 7.71. The third-order valence-corrected chi connectivity index (χ3v) is 4.15. The van der Waals surface area contributed by atoms with Crippen LogP contribution in [0.2, 0.25) is 0 Å². The average Bonchev–Trinajstić information content (AvgIpc) is 2.95. The first kappa shape index (κ1) is 13.9. The zero-order chi connectivity index (χ0) is 15.6. The summed E-state index contributed by atoms with van der Waals surface area (Å²) < 4.78 is 10.6. The number of aromatic nitrogens is 1. The van der Waals surface area contributed by atoms with Crippen molar-refractivity contribution in [3.63, 3.8) is 0 Å². The Labute approximate surface area is 133 Å². The molecule has 6 heteroatoms. The fourth-order valence-corrected chi connectivity index (χ4v) is 2.58. The van der Waals surface area contributed by atoms with E-state index in [-0.39, 0.29) is 18.6 Å². The van der Waals surface area contributed by atoms with E-state index in [4.69, 9.17) is 9.47 Å². The van der Waals surface area contributed by atoms with E-state index in [0.29, 0.717) is 5.82 Å². The monoisotopic (exact) mass is 311 g/mol. The van der Waals surface area contributed by atoms with Gasteiger partial charge < -0.3 is 20.1 Å². The molecule has 0 atom stereocenters. The molecule has 0 radical (unpaired) electrons. The van der Waals surface area contributed by atoms with Crippen LogP contribution in [0.15, 0.2) is 36.5 Å². The van der Waals surface area contributed by atoms with Crippen LogP contribution in [0, 0.1) is 5.92 Å². The van der Waals surface area contributed by atoms with Crippen LogP contribution in [-0.4, -0.2) is 17.7 Å². The van der Waals surface area contributed by atoms with Gasteiger partial charge in [0.05, 0.1) is 11.9 Å². The Morgan fingerprint density at radius 1 is 1.09 bits per heavy atom. The maximum absolute atomic E-state index is 11.9. The molecule has 118 valence electrons. The minimum Gasteiger partial charge on any atom is -0.454 e. The number of nitrogens with zero attached hydrogens (tertiary/aromatic N) is 1. The van der Waals surface area contributed by atoms with Crippen LogP contribution in [0.1, 0.15) is 19.3 Å². The first-order valence-corrected chi connectivity index (χ1v) is 7.71. The van der Waals surface area contributed by atoms with Crippen molar-refractivity contribution in [3.8, 4) is 11.5 Å². The normalized spacial score (nSPS) is 15.8. The topological polar surface area (TPSA) is 72.5 Å². The first-order chi connectivity index (χ1) is 11.3. The van der Waals surface area contributed by atoms with Gasteiger partial charge >= 0.3 is 0 Å². The molecule has 0 unspecified atom stereocenters.